The largest absolute Gasteiger partial charge is 0.463 e. The van der Waals surface area contributed by atoms with Gasteiger partial charge in [0.15, 0.2) is 0 Å². The van der Waals surface area contributed by atoms with Crippen LogP contribution in [0.15, 0.2) is 24.3 Å². The molecule has 0 spiro atoms. The summed E-state index contributed by atoms with van der Waals surface area (Å²) in [5, 5.41) is 10.7. The van der Waals surface area contributed by atoms with Gasteiger partial charge in [0, 0.05) is 5.56 Å². The Morgan fingerprint density at radius 1 is 1.00 bits per heavy atom. The van der Waals surface area contributed by atoms with Crippen molar-refractivity contribution in [3.8, 4) is 6.07 Å². The Kier molecular flexibility index (Phi) is 8.05. The Morgan fingerprint density at radius 2 is 1.52 bits per heavy atom. The fraction of sp³-hybridized carbons (Fsp3) is 0.545. The lowest BCUT2D eigenvalue weighted by Crippen LogP contribution is -2.62. The number of rotatable bonds is 4. The quantitative estimate of drug-likeness (QED) is 0.434. The molecule has 0 aliphatic rings. The van der Waals surface area contributed by atoms with Gasteiger partial charge in [-0.3, -0.25) is 0 Å². The average molecular weight is 434 g/mol. The van der Waals surface area contributed by atoms with E-state index < -0.39 is 34.9 Å². The minimum atomic E-state index is -2.36. The van der Waals surface area contributed by atoms with Crippen LogP contribution >= 0.6 is 0 Å². The monoisotopic (exact) mass is 433 g/mol. The molecule has 1 unspecified atom stereocenters. The van der Waals surface area contributed by atoms with Gasteiger partial charge in [0.25, 0.3) is 5.54 Å². The lowest BCUT2D eigenvalue weighted by molar-refractivity contribution is -0.156. The molecular weight excluding hydrogens is 402 g/mol. The number of carbonyl (C=O) groups is 3. The molecule has 0 fully saturated rings. The van der Waals surface area contributed by atoms with Crippen LogP contribution in [0.3, 0.4) is 0 Å². The first-order valence-corrected chi connectivity index (χ1v) is 9.84. The summed E-state index contributed by atoms with van der Waals surface area (Å²) in [6.07, 6.45) is -2.18. The predicted molar refractivity (Wildman–Crippen MR) is 113 cm³/mol. The Bertz CT molecular complexity index is 846. The highest BCUT2D eigenvalue weighted by Gasteiger charge is 2.53. The Morgan fingerprint density at radius 3 is 1.94 bits per heavy atom. The number of amides is 2. The van der Waals surface area contributed by atoms with E-state index in [1.54, 1.807) is 60.6 Å². The Labute approximate surface area is 183 Å². The number of hydrogen-bond acceptors (Lipinski definition) is 7. The zero-order valence-electron chi connectivity index (χ0n) is 19.4. The molecule has 0 aliphatic heterocycles. The van der Waals surface area contributed by atoms with Crippen molar-refractivity contribution in [3.63, 3.8) is 0 Å². The van der Waals surface area contributed by atoms with Crippen LogP contribution in [0, 0.1) is 18.3 Å². The number of hydrazine groups is 1. The highest BCUT2D eigenvalue weighted by Crippen LogP contribution is 2.31. The minimum Gasteiger partial charge on any atom is -0.463 e. The first-order valence-electron chi connectivity index (χ1n) is 9.84. The van der Waals surface area contributed by atoms with Crippen LogP contribution in [0.2, 0.25) is 0 Å². The molecule has 1 atom stereocenters. The second-order valence-corrected chi connectivity index (χ2v) is 8.84. The molecule has 1 aromatic rings. The summed E-state index contributed by atoms with van der Waals surface area (Å²) in [5.74, 6) is -1.05. The van der Waals surface area contributed by atoms with Gasteiger partial charge in [-0.15, -0.1) is 0 Å². The molecule has 9 heteroatoms. The van der Waals surface area contributed by atoms with Crippen molar-refractivity contribution in [2.24, 2.45) is 0 Å². The Hall–Kier alpha value is -3.28. The number of carbonyl (C=O) groups excluding carboxylic acids is 3. The van der Waals surface area contributed by atoms with Crippen LogP contribution in [0.5, 0.6) is 0 Å². The van der Waals surface area contributed by atoms with E-state index >= 15 is 0 Å². The number of nitrogens with one attached hydrogen (secondary N) is 1. The van der Waals surface area contributed by atoms with Gasteiger partial charge in [0.05, 0.1) is 6.61 Å². The fourth-order valence-electron chi connectivity index (χ4n) is 2.49. The molecule has 0 bridgehead atoms. The predicted octanol–water partition coefficient (Wildman–Crippen LogP) is 3.95. The van der Waals surface area contributed by atoms with E-state index in [9.17, 15) is 19.6 Å². The summed E-state index contributed by atoms with van der Waals surface area (Å²) in [7, 11) is 0. The number of esters is 1. The average Bonchev–Trinajstić information content (AvgIpc) is 2.60. The van der Waals surface area contributed by atoms with E-state index in [-0.39, 0.29) is 12.2 Å². The van der Waals surface area contributed by atoms with Crippen LogP contribution in [-0.4, -0.2) is 41.0 Å². The fourth-order valence-corrected chi connectivity index (χ4v) is 2.49. The minimum absolute atomic E-state index is 0.0529. The molecule has 0 saturated heterocycles. The first-order chi connectivity index (χ1) is 14.2. The summed E-state index contributed by atoms with van der Waals surface area (Å²) >= 11 is 0. The summed E-state index contributed by atoms with van der Waals surface area (Å²) in [6.45, 7) is 13.1. The lowest BCUT2D eigenvalue weighted by atomic mass is 9.90. The highest BCUT2D eigenvalue weighted by atomic mass is 16.6. The van der Waals surface area contributed by atoms with Crippen molar-refractivity contribution in [2.45, 2.75) is 72.1 Å². The number of aryl methyl sites for hydroxylation is 1. The van der Waals surface area contributed by atoms with Crippen molar-refractivity contribution in [1.29, 1.82) is 5.26 Å². The van der Waals surface area contributed by atoms with E-state index in [1.165, 1.54) is 12.1 Å². The third-order valence-corrected chi connectivity index (χ3v) is 3.72. The van der Waals surface area contributed by atoms with E-state index in [0.717, 1.165) is 5.56 Å². The summed E-state index contributed by atoms with van der Waals surface area (Å²) in [5.41, 5.74) is -1.04. The van der Waals surface area contributed by atoms with Gasteiger partial charge in [-0.05, 0) is 55.4 Å². The number of benzene rings is 1. The zero-order chi connectivity index (χ0) is 24.0. The third kappa shape index (κ3) is 6.88. The third-order valence-electron chi connectivity index (χ3n) is 3.72. The topological polar surface area (TPSA) is 118 Å². The van der Waals surface area contributed by atoms with Crippen molar-refractivity contribution >= 4 is 18.2 Å². The smallest absolute Gasteiger partial charge is 0.431 e. The molecule has 170 valence electrons. The second-order valence-electron chi connectivity index (χ2n) is 8.84. The van der Waals surface area contributed by atoms with E-state index in [4.69, 9.17) is 14.2 Å². The van der Waals surface area contributed by atoms with Crippen LogP contribution < -0.4 is 5.43 Å². The van der Waals surface area contributed by atoms with Gasteiger partial charge in [0.1, 0.15) is 17.3 Å². The molecule has 0 aliphatic carbocycles. The van der Waals surface area contributed by atoms with Gasteiger partial charge >= 0.3 is 18.2 Å². The highest BCUT2D eigenvalue weighted by molar-refractivity contribution is 5.91. The number of nitriles is 1. The number of ether oxygens (including phenoxy) is 3. The molecule has 9 nitrogen and oxygen atoms in total. The zero-order valence-corrected chi connectivity index (χ0v) is 19.4. The maximum absolute atomic E-state index is 13.1. The molecule has 1 N–H and O–H groups in total. The molecule has 0 heterocycles. The summed E-state index contributed by atoms with van der Waals surface area (Å²) < 4.78 is 15.7. The van der Waals surface area contributed by atoms with E-state index in [2.05, 4.69) is 5.43 Å². The van der Waals surface area contributed by atoms with Crippen LogP contribution in [0.1, 0.15) is 59.6 Å². The summed E-state index contributed by atoms with van der Waals surface area (Å²) in [4.78, 5) is 38.7. The normalized spacial score (nSPS) is 13.3. The lowest BCUT2D eigenvalue weighted by Gasteiger charge is -2.37. The second kappa shape index (κ2) is 9.69. The number of nitrogens with zero attached hydrogens (tertiary/aromatic N) is 2. The molecule has 0 radical (unpaired) electrons. The van der Waals surface area contributed by atoms with Gasteiger partial charge in [-0.1, -0.05) is 29.8 Å². The maximum Gasteiger partial charge on any atom is 0.431 e. The standard InChI is InChI=1S/C22H31N3O6/c1-9-29-17(26)22(14-23,16-12-10-15(2)11-13-16)25(19(28)31-21(6,7)8)24-18(27)30-20(3,4)5/h10-13H,9H2,1-8H3,(H,24,27). The van der Waals surface area contributed by atoms with E-state index in [1.807, 2.05) is 13.0 Å². The van der Waals surface area contributed by atoms with Gasteiger partial charge in [-0.2, -0.15) is 10.3 Å². The SMILES string of the molecule is CCOC(=O)C(C#N)(c1ccc(C)cc1)N(NC(=O)OC(C)(C)C)C(=O)OC(C)(C)C. The molecule has 2 amide bonds. The summed E-state index contributed by atoms with van der Waals surface area (Å²) in [6, 6.07) is 8.19. The molecule has 0 saturated carbocycles. The van der Waals surface area contributed by atoms with Gasteiger partial charge < -0.3 is 14.2 Å². The van der Waals surface area contributed by atoms with E-state index in [0.29, 0.717) is 5.01 Å². The molecular formula is C22H31N3O6. The number of hydrogen-bond donors (Lipinski definition) is 1. The van der Waals surface area contributed by atoms with Crippen molar-refractivity contribution in [1.82, 2.24) is 10.4 Å². The van der Waals surface area contributed by atoms with Crippen LogP contribution in [0.25, 0.3) is 0 Å². The Balaban J connectivity index is 3.67. The molecule has 1 aromatic carbocycles. The van der Waals surface area contributed by atoms with Gasteiger partial charge in [-0.25, -0.2) is 19.8 Å². The first kappa shape index (κ1) is 25.8. The molecule has 1 rings (SSSR count). The van der Waals surface area contributed by atoms with Crippen LogP contribution in [0.4, 0.5) is 9.59 Å². The van der Waals surface area contributed by atoms with Crippen molar-refractivity contribution in [2.75, 3.05) is 6.61 Å². The molecule has 31 heavy (non-hydrogen) atoms. The van der Waals surface area contributed by atoms with Crippen molar-refractivity contribution in [3.05, 3.63) is 35.4 Å². The molecule has 0 aromatic heterocycles. The van der Waals surface area contributed by atoms with Gasteiger partial charge in [0.2, 0.25) is 0 Å². The van der Waals surface area contributed by atoms with Crippen molar-refractivity contribution < 1.29 is 28.6 Å². The van der Waals surface area contributed by atoms with Crippen LogP contribution in [-0.2, 0) is 24.5 Å². The maximum atomic E-state index is 13.1.